The zero-order chi connectivity index (χ0) is 16.1. The van der Waals surface area contributed by atoms with Crippen LogP contribution in [0, 0.1) is 5.92 Å². The van der Waals surface area contributed by atoms with Crippen molar-refractivity contribution in [3.8, 4) is 0 Å². The Morgan fingerprint density at radius 3 is 2.45 bits per heavy atom. The molecular formula is C11H17N3O8. The summed E-state index contributed by atoms with van der Waals surface area (Å²) < 4.78 is 10.3. The van der Waals surface area contributed by atoms with Crippen molar-refractivity contribution in [1.29, 1.82) is 0 Å². The number of aliphatic imine (C=N–C) groups is 1. The van der Waals surface area contributed by atoms with Crippen molar-refractivity contribution in [2.75, 3.05) is 6.61 Å². The van der Waals surface area contributed by atoms with Crippen LogP contribution in [-0.4, -0.2) is 91.0 Å². The number of aliphatic hydroxyl groups is 6. The summed E-state index contributed by atoms with van der Waals surface area (Å²) in [5, 5.41) is 64.3. The maximum Gasteiger partial charge on any atom is 0.311 e. The van der Waals surface area contributed by atoms with Gasteiger partial charge in [-0.05, 0) is 0 Å². The fourth-order valence-electron chi connectivity index (χ4n) is 4.24. The quantitative estimate of drug-likeness (QED) is 0.231. The molecule has 124 valence electrons. The first kappa shape index (κ1) is 14.5. The first-order chi connectivity index (χ1) is 10.2. The molecule has 0 radical (unpaired) electrons. The van der Waals surface area contributed by atoms with Crippen molar-refractivity contribution in [1.82, 2.24) is 5.32 Å². The summed E-state index contributed by atoms with van der Waals surface area (Å²) in [6.45, 7) is -0.857. The molecule has 4 fully saturated rings. The molecular weight excluding hydrogens is 302 g/mol. The van der Waals surface area contributed by atoms with Crippen molar-refractivity contribution < 1.29 is 40.1 Å². The van der Waals surface area contributed by atoms with Crippen LogP contribution in [0.15, 0.2) is 4.99 Å². The summed E-state index contributed by atoms with van der Waals surface area (Å²) in [4.78, 5) is 3.70. The van der Waals surface area contributed by atoms with Gasteiger partial charge in [-0.15, -0.1) is 0 Å². The van der Waals surface area contributed by atoms with Crippen LogP contribution in [0.1, 0.15) is 0 Å². The minimum atomic E-state index is -2.52. The van der Waals surface area contributed by atoms with E-state index in [-0.39, 0.29) is 5.96 Å². The molecule has 4 aliphatic heterocycles. The van der Waals surface area contributed by atoms with Gasteiger partial charge in [0, 0.05) is 0 Å². The number of hydrogen-bond acceptors (Lipinski definition) is 11. The smallest absolute Gasteiger partial charge is 0.311 e. The van der Waals surface area contributed by atoms with E-state index in [1.165, 1.54) is 0 Å². The normalized spacial score (nSPS) is 62.4. The van der Waals surface area contributed by atoms with Crippen LogP contribution in [0.5, 0.6) is 0 Å². The van der Waals surface area contributed by atoms with E-state index in [0.717, 1.165) is 0 Å². The predicted molar refractivity (Wildman–Crippen MR) is 65.7 cm³/mol. The Balaban J connectivity index is 1.95. The van der Waals surface area contributed by atoms with Gasteiger partial charge in [0.25, 0.3) is 0 Å². The van der Waals surface area contributed by atoms with Crippen LogP contribution >= 0.6 is 0 Å². The van der Waals surface area contributed by atoms with Gasteiger partial charge >= 0.3 is 5.97 Å². The second kappa shape index (κ2) is 3.88. The van der Waals surface area contributed by atoms with Gasteiger partial charge in [-0.3, -0.25) is 0 Å². The highest BCUT2D eigenvalue weighted by molar-refractivity contribution is 5.80. The molecule has 11 nitrogen and oxygen atoms in total. The van der Waals surface area contributed by atoms with Crippen molar-refractivity contribution >= 4 is 5.96 Å². The zero-order valence-electron chi connectivity index (χ0n) is 11.2. The molecule has 1 spiro atoms. The number of ether oxygens (including phenoxy) is 2. The van der Waals surface area contributed by atoms with Gasteiger partial charge in [-0.2, -0.15) is 0 Å². The lowest BCUT2D eigenvalue weighted by atomic mass is 9.55. The van der Waals surface area contributed by atoms with Crippen LogP contribution in [0.3, 0.4) is 0 Å². The van der Waals surface area contributed by atoms with Gasteiger partial charge in [0.15, 0.2) is 18.3 Å². The van der Waals surface area contributed by atoms with Crippen LogP contribution in [0.2, 0.25) is 0 Å². The Morgan fingerprint density at radius 2 is 1.82 bits per heavy atom. The highest BCUT2D eigenvalue weighted by Gasteiger charge is 2.82. The van der Waals surface area contributed by atoms with E-state index in [2.05, 4.69) is 10.3 Å². The number of guanidine groups is 1. The van der Waals surface area contributed by atoms with Gasteiger partial charge in [0.05, 0.1) is 12.5 Å². The lowest BCUT2D eigenvalue weighted by Crippen LogP contribution is -2.95. The van der Waals surface area contributed by atoms with Crippen molar-refractivity contribution in [2.24, 2.45) is 16.6 Å². The van der Waals surface area contributed by atoms with E-state index in [9.17, 15) is 30.6 Å². The van der Waals surface area contributed by atoms with Gasteiger partial charge < -0.3 is 51.2 Å². The number of nitrogens with zero attached hydrogens (tertiary/aromatic N) is 1. The molecule has 9 atom stereocenters. The van der Waals surface area contributed by atoms with Crippen molar-refractivity contribution in [3.63, 3.8) is 0 Å². The second-order valence-corrected chi connectivity index (χ2v) is 6.22. The molecule has 0 unspecified atom stereocenters. The molecule has 1 aliphatic carbocycles. The van der Waals surface area contributed by atoms with Crippen molar-refractivity contribution in [2.45, 2.75) is 47.8 Å². The zero-order valence-corrected chi connectivity index (χ0v) is 11.2. The van der Waals surface area contributed by atoms with Crippen molar-refractivity contribution in [3.05, 3.63) is 0 Å². The SMILES string of the molecule is NC1=N[C@@H](O)[C@@H]2[C@@H]3O[C@@]4(O)O[C@H]([C@@H](O)[C@]2(N1)[C@@H]4O)[C@]3(O)CO. The molecule has 0 aromatic heterocycles. The minimum absolute atomic E-state index is 0.250. The van der Waals surface area contributed by atoms with E-state index >= 15 is 0 Å². The summed E-state index contributed by atoms with van der Waals surface area (Å²) in [6, 6.07) is 0. The highest BCUT2D eigenvalue weighted by Crippen LogP contribution is 2.58. The molecule has 5 aliphatic rings. The third-order valence-electron chi connectivity index (χ3n) is 5.22. The van der Waals surface area contributed by atoms with E-state index < -0.39 is 60.3 Å². The van der Waals surface area contributed by atoms with E-state index in [0.29, 0.717) is 0 Å². The Hall–Kier alpha value is -1.05. The predicted octanol–water partition coefficient (Wildman–Crippen LogP) is -5.52. The number of aliphatic hydroxyl groups excluding tert-OH is 4. The Bertz CT molecular complexity index is 561. The fraction of sp³-hybridized carbons (Fsp3) is 0.909. The third-order valence-corrected chi connectivity index (χ3v) is 5.22. The number of nitrogens with two attached hydrogens (primary N) is 1. The standard InChI is InChI=1S/C11H17N3O8/c12-8-13-6(17)2-4-9(19,1-15)5-3(16)10(2,14-8)7(18)11(20,21-4)22-5/h2-7,15-20H,1H2,(H3,12,13,14)/t2-,3+,4-,5+,6-,7-,9-,10-,11+/m0/s1. The largest absolute Gasteiger partial charge is 0.393 e. The molecule has 4 bridgehead atoms. The minimum Gasteiger partial charge on any atom is -0.393 e. The topological polar surface area (TPSA) is 190 Å². The van der Waals surface area contributed by atoms with Gasteiger partial charge in [-0.1, -0.05) is 0 Å². The Morgan fingerprint density at radius 1 is 1.18 bits per heavy atom. The monoisotopic (exact) mass is 319 g/mol. The fourth-order valence-corrected chi connectivity index (χ4v) is 4.24. The number of rotatable bonds is 1. The average Bonchev–Trinajstić information content (AvgIpc) is 2.45. The average molecular weight is 319 g/mol. The van der Waals surface area contributed by atoms with Gasteiger partial charge in [0.1, 0.15) is 29.5 Å². The molecule has 3 saturated heterocycles. The van der Waals surface area contributed by atoms with Crippen LogP contribution < -0.4 is 11.1 Å². The van der Waals surface area contributed by atoms with Gasteiger partial charge in [-0.25, -0.2) is 4.99 Å². The summed E-state index contributed by atoms with van der Waals surface area (Å²) in [7, 11) is 0. The molecule has 11 heteroatoms. The summed E-state index contributed by atoms with van der Waals surface area (Å²) in [6.07, 6.45) is -7.77. The Labute approximate surface area is 123 Å². The van der Waals surface area contributed by atoms with Gasteiger partial charge in [0.2, 0.25) is 0 Å². The molecule has 22 heavy (non-hydrogen) atoms. The molecule has 9 N–H and O–H groups in total. The van der Waals surface area contributed by atoms with E-state index in [1.807, 2.05) is 0 Å². The third kappa shape index (κ3) is 1.28. The van der Waals surface area contributed by atoms with Crippen LogP contribution in [-0.2, 0) is 9.47 Å². The van der Waals surface area contributed by atoms with Crippen LogP contribution in [0.4, 0.5) is 0 Å². The molecule has 0 aromatic carbocycles. The molecule has 0 amide bonds. The molecule has 0 aromatic rings. The number of nitrogens with one attached hydrogen (secondary N) is 1. The maximum atomic E-state index is 10.6. The maximum absolute atomic E-state index is 10.6. The molecule has 5 rings (SSSR count). The lowest BCUT2D eigenvalue weighted by Gasteiger charge is -2.71. The van der Waals surface area contributed by atoms with E-state index in [1.54, 1.807) is 0 Å². The highest BCUT2D eigenvalue weighted by atomic mass is 16.9. The van der Waals surface area contributed by atoms with E-state index in [4.69, 9.17) is 15.2 Å². The first-order valence-corrected chi connectivity index (χ1v) is 6.77. The molecule has 1 saturated carbocycles. The number of hydrogen-bond donors (Lipinski definition) is 8. The Kier molecular flexibility index (Phi) is 2.57. The second-order valence-electron chi connectivity index (χ2n) is 6.22. The first-order valence-electron chi connectivity index (χ1n) is 6.77. The lowest BCUT2D eigenvalue weighted by molar-refractivity contribution is -0.548. The summed E-state index contributed by atoms with van der Waals surface area (Å²) in [5.74, 6) is -3.95. The summed E-state index contributed by atoms with van der Waals surface area (Å²) in [5.41, 5.74) is 1.74. The summed E-state index contributed by atoms with van der Waals surface area (Å²) >= 11 is 0. The van der Waals surface area contributed by atoms with Crippen LogP contribution in [0.25, 0.3) is 0 Å². The molecule has 4 heterocycles.